The lowest BCUT2D eigenvalue weighted by molar-refractivity contribution is -0.119. The van der Waals surface area contributed by atoms with E-state index in [-0.39, 0.29) is 30.8 Å². The normalized spacial score (nSPS) is 20.8. The van der Waals surface area contributed by atoms with E-state index in [0.29, 0.717) is 17.2 Å². The van der Waals surface area contributed by atoms with Crippen molar-refractivity contribution < 1.29 is 23.5 Å². The highest BCUT2D eigenvalue weighted by atomic mass is 19.1. The first-order valence-electron chi connectivity index (χ1n) is 13.7. The van der Waals surface area contributed by atoms with Gasteiger partial charge in [-0.15, -0.1) is 0 Å². The van der Waals surface area contributed by atoms with Crippen molar-refractivity contribution in [2.45, 2.75) is 65.5 Å². The molecule has 3 atom stereocenters. The topological polar surface area (TPSA) is 83.1 Å². The molecule has 9 heteroatoms. The van der Waals surface area contributed by atoms with Gasteiger partial charge in [0.2, 0.25) is 5.91 Å². The first-order chi connectivity index (χ1) is 18.5. The predicted molar refractivity (Wildman–Crippen MR) is 150 cm³/mol. The monoisotopic (exact) mass is 540 g/mol. The van der Waals surface area contributed by atoms with Crippen LogP contribution in [0.15, 0.2) is 42.5 Å². The third-order valence-corrected chi connectivity index (χ3v) is 7.10. The van der Waals surface area contributed by atoms with E-state index in [9.17, 15) is 9.59 Å². The predicted octanol–water partition coefficient (Wildman–Crippen LogP) is 4.53. The van der Waals surface area contributed by atoms with E-state index >= 15 is 4.39 Å². The minimum absolute atomic E-state index is 0.119. The van der Waals surface area contributed by atoms with Gasteiger partial charge in [0.25, 0.3) is 0 Å². The summed E-state index contributed by atoms with van der Waals surface area (Å²) in [4.78, 5) is 27.2. The van der Waals surface area contributed by atoms with Gasteiger partial charge in [-0.25, -0.2) is 9.18 Å². The van der Waals surface area contributed by atoms with Crippen LogP contribution in [0, 0.1) is 11.7 Å². The molecule has 0 saturated carbocycles. The number of nitrogens with zero attached hydrogens (tertiary/aromatic N) is 2. The first-order valence-corrected chi connectivity index (χ1v) is 13.7. The number of cyclic esters (lactones) is 1. The molecule has 2 amide bonds. The van der Waals surface area contributed by atoms with Crippen LogP contribution in [0.25, 0.3) is 11.1 Å². The molecular formula is C30H41FN4O4. The lowest BCUT2D eigenvalue weighted by Gasteiger charge is -2.31. The van der Waals surface area contributed by atoms with Gasteiger partial charge < -0.3 is 20.1 Å². The Morgan fingerprint density at radius 1 is 1.15 bits per heavy atom. The molecule has 2 fully saturated rings. The third-order valence-electron chi connectivity index (χ3n) is 7.10. The van der Waals surface area contributed by atoms with Gasteiger partial charge in [-0.2, -0.15) is 0 Å². The van der Waals surface area contributed by atoms with Gasteiger partial charge in [0.05, 0.1) is 24.4 Å². The quantitative estimate of drug-likeness (QED) is 0.461. The SMILES string of the molecule is CC(=O)NC[C@H]1CN(c2ccc(-c3ccc(CNCC4CCN(C(C)OC(C)(C)C)C4)cc3)c(F)c2)C(=O)O1. The lowest BCUT2D eigenvalue weighted by Crippen LogP contribution is -2.39. The summed E-state index contributed by atoms with van der Waals surface area (Å²) in [7, 11) is 0. The van der Waals surface area contributed by atoms with Crippen molar-refractivity contribution in [2.24, 2.45) is 5.92 Å². The van der Waals surface area contributed by atoms with Crippen molar-refractivity contribution in [1.29, 1.82) is 0 Å². The van der Waals surface area contributed by atoms with Gasteiger partial charge in [0.1, 0.15) is 18.1 Å². The fourth-order valence-corrected chi connectivity index (χ4v) is 5.17. The van der Waals surface area contributed by atoms with Gasteiger partial charge in [-0.05, 0) is 75.9 Å². The molecular weight excluding hydrogens is 499 g/mol. The van der Waals surface area contributed by atoms with E-state index in [4.69, 9.17) is 9.47 Å². The minimum Gasteiger partial charge on any atom is -0.442 e. The van der Waals surface area contributed by atoms with Crippen molar-refractivity contribution >= 4 is 17.7 Å². The molecule has 2 aromatic carbocycles. The highest BCUT2D eigenvalue weighted by Crippen LogP contribution is 2.29. The molecule has 4 rings (SSSR count). The van der Waals surface area contributed by atoms with E-state index < -0.39 is 18.0 Å². The van der Waals surface area contributed by atoms with Crippen molar-refractivity contribution in [3.63, 3.8) is 0 Å². The summed E-state index contributed by atoms with van der Waals surface area (Å²) in [5.74, 6) is -0.0115. The molecule has 2 N–H and O–H groups in total. The van der Waals surface area contributed by atoms with Crippen LogP contribution in [0.1, 0.15) is 46.6 Å². The van der Waals surface area contributed by atoms with Crippen molar-refractivity contribution in [3.05, 3.63) is 53.8 Å². The Labute approximate surface area is 230 Å². The molecule has 8 nitrogen and oxygen atoms in total. The summed E-state index contributed by atoms with van der Waals surface area (Å²) in [5, 5.41) is 6.21. The standard InChI is InChI=1S/C30H41FN4O4/c1-20(36)33-17-26-19-35(29(37)38-26)25-10-11-27(28(31)14-25)24-8-6-22(7-9-24)15-32-16-23-12-13-34(18-23)21(2)39-30(3,4)5/h6-11,14,21,23,26,32H,12-13,15-19H2,1-5H3,(H,33,36)/t21?,23?,26-/m0/s1. The number of ether oxygens (including phenoxy) is 2. The lowest BCUT2D eigenvalue weighted by atomic mass is 10.0. The van der Waals surface area contributed by atoms with Crippen LogP contribution in [-0.2, 0) is 20.8 Å². The maximum atomic E-state index is 15.1. The van der Waals surface area contributed by atoms with Crippen LogP contribution < -0.4 is 15.5 Å². The molecule has 39 heavy (non-hydrogen) atoms. The Morgan fingerprint density at radius 3 is 2.56 bits per heavy atom. The number of carbonyl (C=O) groups excluding carboxylic acids is 2. The average molecular weight is 541 g/mol. The van der Waals surface area contributed by atoms with Crippen LogP contribution in [-0.4, -0.2) is 67.6 Å². The minimum atomic E-state index is -0.549. The maximum absolute atomic E-state index is 15.1. The molecule has 2 saturated heterocycles. The van der Waals surface area contributed by atoms with Crippen LogP contribution in [0.3, 0.4) is 0 Å². The zero-order valence-corrected chi connectivity index (χ0v) is 23.6. The molecule has 2 unspecified atom stereocenters. The second-order valence-corrected chi connectivity index (χ2v) is 11.5. The highest BCUT2D eigenvalue weighted by Gasteiger charge is 2.33. The number of halogens is 1. The fourth-order valence-electron chi connectivity index (χ4n) is 5.17. The maximum Gasteiger partial charge on any atom is 0.414 e. The van der Waals surface area contributed by atoms with Crippen molar-refractivity contribution in [3.8, 4) is 11.1 Å². The van der Waals surface area contributed by atoms with Gasteiger partial charge in [0.15, 0.2) is 0 Å². The van der Waals surface area contributed by atoms with Crippen LogP contribution in [0.5, 0.6) is 0 Å². The molecule has 0 bridgehead atoms. The van der Waals surface area contributed by atoms with E-state index in [1.165, 1.54) is 17.9 Å². The zero-order valence-electron chi connectivity index (χ0n) is 23.6. The number of hydrogen-bond donors (Lipinski definition) is 2. The van der Waals surface area contributed by atoms with Crippen LogP contribution in [0.2, 0.25) is 0 Å². The summed E-state index contributed by atoms with van der Waals surface area (Å²) in [5.41, 5.74) is 2.67. The summed E-state index contributed by atoms with van der Waals surface area (Å²) < 4.78 is 26.4. The molecule has 0 radical (unpaired) electrons. The molecule has 2 heterocycles. The molecule has 0 spiro atoms. The average Bonchev–Trinajstić information content (AvgIpc) is 3.49. The zero-order chi connectivity index (χ0) is 28.2. The molecule has 2 aliphatic heterocycles. The van der Waals surface area contributed by atoms with Crippen molar-refractivity contribution in [1.82, 2.24) is 15.5 Å². The Kier molecular flexibility index (Phi) is 9.25. The first kappa shape index (κ1) is 29.0. The summed E-state index contributed by atoms with van der Waals surface area (Å²) in [6.45, 7) is 14.1. The third kappa shape index (κ3) is 8.00. The second-order valence-electron chi connectivity index (χ2n) is 11.5. The Bertz CT molecular complexity index is 1150. The Hall–Kier alpha value is -3.01. The number of nitrogens with one attached hydrogen (secondary N) is 2. The van der Waals surface area contributed by atoms with Gasteiger partial charge in [-0.1, -0.05) is 24.3 Å². The largest absolute Gasteiger partial charge is 0.442 e. The summed E-state index contributed by atoms with van der Waals surface area (Å²) in [6.07, 6.45) is 0.258. The van der Waals surface area contributed by atoms with Crippen LogP contribution >= 0.6 is 0 Å². The smallest absolute Gasteiger partial charge is 0.414 e. The van der Waals surface area contributed by atoms with E-state index in [2.05, 4.69) is 43.2 Å². The summed E-state index contributed by atoms with van der Waals surface area (Å²) in [6, 6.07) is 12.6. The van der Waals surface area contributed by atoms with Crippen molar-refractivity contribution in [2.75, 3.05) is 37.6 Å². The number of hydrogen-bond acceptors (Lipinski definition) is 6. The van der Waals surface area contributed by atoms with Gasteiger partial charge in [-0.3, -0.25) is 14.6 Å². The van der Waals surface area contributed by atoms with E-state index in [1.54, 1.807) is 12.1 Å². The fraction of sp³-hybridized carbons (Fsp3) is 0.533. The highest BCUT2D eigenvalue weighted by molar-refractivity contribution is 5.90. The Morgan fingerprint density at radius 2 is 1.90 bits per heavy atom. The molecule has 0 aliphatic carbocycles. The molecule has 2 aromatic rings. The molecule has 212 valence electrons. The molecule has 2 aliphatic rings. The van der Waals surface area contributed by atoms with E-state index in [0.717, 1.165) is 43.7 Å². The number of anilines is 1. The summed E-state index contributed by atoms with van der Waals surface area (Å²) >= 11 is 0. The van der Waals surface area contributed by atoms with Gasteiger partial charge >= 0.3 is 6.09 Å². The number of amides is 2. The second kappa shape index (κ2) is 12.4. The number of likely N-dealkylation sites (tertiary alicyclic amines) is 1. The van der Waals surface area contributed by atoms with E-state index in [1.807, 2.05) is 24.3 Å². The number of benzene rings is 2. The van der Waals surface area contributed by atoms with Gasteiger partial charge in [0, 0.05) is 32.1 Å². The van der Waals surface area contributed by atoms with Crippen LogP contribution in [0.4, 0.5) is 14.9 Å². The number of rotatable bonds is 10. The molecule has 0 aromatic heterocycles. The number of carbonyl (C=O) groups is 2. The Balaban J connectivity index is 1.27.